The number of carbonyl (C=O) groups excluding carboxylic acids is 2. The minimum atomic E-state index is -0.587. The summed E-state index contributed by atoms with van der Waals surface area (Å²) in [5.41, 5.74) is 0.714. The Hall–Kier alpha value is -2.08. The summed E-state index contributed by atoms with van der Waals surface area (Å²) in [5, 5.41) is 0. The van der Waals surface area contributed by atoms with E-state index in [0.717, 1.165) is 0 Å². The Morgan fingerprint density at radius 2 is 2.10 bits per heavy atom. The number of esters is 1. The maximum absolute atomic E-state index is 11.9. The molecule has 0 unspecified atom stereocenters. The summed E-state index contributed by atoms with van der Waals surface area (Å²) in [4.78, 5) is 26.4. The number of nitrogens with one attached hydrogen (secondary N) is 1. The predicted octanol–water partition coefficient (Wildman–Crippen LogP) is 2.83. The zero-order chi connectivity index (χ0) is 14.5. The molecule has 2 aromatic rings. The fourth-order valence-electron chi connectivity index (χ4n) is 1.58. The first-order chi connectivity index (χ1) is 9.61. The van der Waals surface area contributed by atoms with Crippen molar-refractivity contribution >= 4 is 27.7 Å². The standard InChI is InChI=1S/C14H12BrNO4/c1-19-9-4-5-11(15)10(7-9)14(18)20-8-13(17)12-3-2-6-16-12/h2-7,16H,8H2,1H3. The van der Waals surface area contributed by atoms with Crippen LogP contribution in [0, 0.1) is 0 Å². The molecule has 0 amide bonds. The molecule has 0 fully saturated rings. The van der Waals surface area contributed by atoms with Gasteiger partial charge in [0, 0.05) is 10.7 Å². The van der Waals surface area contributed by atoms with E-state index in [1.54, 1.807) is 36.5 Å². The van der Waals surface area contributed by atoms with E-state index < -0.39 is 5.97 Å². The second kappa shape index (κ2) is 6.38. The molecule has 0 saturated heterocycles. The molecule has 5 nitrogen and oxygen atoms in total. The van der Waals surface area contributed by atoms with Gasteiger partial charge in [-0.3, -0.25) is 4.79 Å². The van der Waals surface area contributed by atoms with Crippen LogP contribution >= 0.6 is 15.9 Å². The normalized spacial score (nSPS) is 10.1. The average Bonchev–Trinajstić information content (AvgIpc) is 2.99. The van der Waals surface area contributed by atoms with Gasteiger partial charge >= 0.3 is 5.97 Å². The first-order valence-corrected chi connectivity index (χ1v) is 6.58. The smallest absolute Gasteiger partial charge is 0.339 e. The molecule has 1 N–H and O–H groups in total. The van der Waals surface area contributed by atoms with E-state index in [-0.39, 0.29) is 12.4 Å². The fourth-order valence-corrected chi connectivity index (χ4v) is 1.99. The Labute approximate surface area is 124 Å². The quantitative estimate of drug-likeness (QED) is 0.672. The van der Waals surface area contributed by atoms with Crippen LogP contribution in [-0.4, -0.2) is 30.5 Å². The monoisotopic (exact) mass is 337 g/mol. The van der Waals surface area contributed by atoms with Crippen LogP contribution in [0.25, 0.3) is 0 Å². The molecule has 20 heavy (non-hydrogen) atoms. The van der Waals surface area contributed by atoms with Crippen LogP contribution in [0.5, 0.6) is 5.75 Å². The van der Waals surface area contributed by atoms with E-state index in [1.165, 1.54) is 7.11 Å². The highest BCUT2D eigenvalue weighted by molar-refractivity contribution is 9.10. The van der Waals surface area contributed by atoms with Crippen molar-refractivity contribution in [3.05, 3.63) is 52.3 Å². The van der Waals surface area contributed by atoms with Gasteiger partial charge in [-0.15, -0.1) is 0 Å². The molecule has 0 aliphatic carbocycles. The van der Waals surface area contributed by atoms with Crippen LogP contribution in [0.3, 0.4) is 0 Å². The van der Waals surface area contributed by atoms with Crippen LogP contribution in [0.4, 0.5) is 0 Å². The first-order valence-electron chi connectivity index (χ1n) is 5.79. The Morgan fingerprint density at radius 1 is 1.30 bits per heavy atom. The van der Waals surface area contributed by atoms with Gasteiger partial charge in [-0.2, -0.15) is 0 Å². The second-order valence-electron chi connectivity index (χ2n) is 3.93. The molecule has 0 aliphatic heterocycles. The van der Waals surface area contributed by atoms with Crippen LogP contribution in [0.15, 0.2) is 41.0 Å². The minimum Gasteiger partial charge on any atom is -0.497 e. The zero-order valence-electron chi connectivity index (χ0n) is 10.7. The van der Waals surface area contributed by atoms with Crippen molar-refractivity contribution < 1.29 is 19.1 Å². The Bertz CT molecular complexity index is 622. The van der Waals surface area contributed by atoms with E-state index in [0.29, 0.717) is 21.5 Å². The van der Waals surface area contributed by atoms with Gasteiger partial charge in [-0.1, -0.05) is 0 Å². The highest BCUT2D eigenvalue weighted by Gasteiger charge is 2.15. The number of Topliss-reactive ketones (excluding diaryl/α,β-unsaturated/α-hetero) is 1. The molecule has 0 saturated carbocycles. The van der Waals surface area contributed by atoms with Crippen LogP contribution in [0.1, 0.15) is 20.8 Å². The lowest BCUT2D eigenvalue weighted by molar-refractivity contribution is 0.0472. The largest absolute Gasteiger partial charge is 0.497 e. The number of ketones is 1. The van der Waals surface area contributed by atoms with Gasteiger partial charge in [0.15, 0.2) is 6.61 Å². The molecule has 104 valence electrons. The zero-order valence-corrected chi connectivity index (χ0v) is 12.3. The summed E-state index contributed by atoms with van der Waals surface area (Å²) < 4.78 is 10.6. The average molecular weight is 338 g/mol. The lowest BCUT2D eigenvalue weighted by Gasteiger charge is -2.07. The van der Waals surface area contributed by atoms with Crippen molar-refractivity contribution in [1.82, 2.24) is 4.98 Å². The third kappa shape index (κ3) is 3.27. The number of H-pyrrole nitrogens is 1. The molecule has 1 aromatic heterocycles. The third-order valence-electron chi connectivity index (χ3n) is 2.63. The van der Waals surface area contributed by atoms with Gasteiger partial charge in [-0.25, -0.2) is 4.79 Å². The van der Waals surface area contributed by atoms with Crippen molar-refractivity contribution in [2.24, 2.45) is 0 Å². The fraction of sp³-hybridized carbons (Fsp3) is 0.143. The van der Waals surface area contributed by atoms with Crippen LogP contribution in [-0.2, 0) is 4.74 Å². The summed E-state index contributed by atoms with van der Waals surface area (Å²) in [6.07, 6.45) is 1.63. The van der Waals surface area contributed by atoms with E-state index in [2.05, 4.69) is 20.9 Å². The number of carbonyl (C=O) groups is 2. The molecule has 0 radical (unpaired) electrons. The molecule has 1 heterocycles. The van der Waals surface area contributed by atoms with E-state index >= 15 is 0 Å². The highest BCUT2D eigenvalue weighted by Crippen LogP contribution is 2.23. The van der Waals surface area contributed by atoms with E-state index in [4.69, 9.17) is 9.47 Å². The molecule has 1 aromatic carbocycles. The van der Waals surface area contributed by atoms with Gasteiger partial charge in [0.1, 0.15) is 5.75 Å². The lowest BCUT2D eigenvalue weighted by atomic mass is 10.2. The summed E-state index contributed by atoms with van der Waals surface area (Å²) in [5.74, 6) is -0.339. The lowest BCUT2D eigenvalue weighted by Crippen LogP contribution is -2.15. The Balaban J connectivity index is 2.03. The Morgan fingerprint density at radius 3 is 2.75 bits per heavy atom. The van der Waals surface area contributed by atoms with Gasteiger partial charge in [0.2, 0.25) is 5.78 Å². The number of hydrogen-bond donors (Lipinski definition) is 1. The topological polar surface area (TPSA) is 68.4 Å². The van der Waals surface area contributed by atoms with Gasteiger partial charge in [-0.05, 0) is 46.3 Å². The number of ether oxygens (including phenoxy) is 2. The molecular formula is C14H12BrNO4. The number of aromatic nitrogens is 1. The summed E-state index contributed by atoms with van der Waals surface area (Å²) in [7, 11) is 1.51. The second-order valence-corrected chi connectivity index (χ2v) is 4.78. The number of aromatic amines is 1. The summed E-state index contributed by atoms with van der Waals surface area (Å²) >= 11 is 3.26. The summed E-state index contributed by atoms with van der Waals surface area (Å²) in [6.45, 7) is -0.316. The van der Waals surface area contributed by atoms with Gasteiger partial charge in [0.05, 0.1) is 18.4 Å². The van der Waals surface area contributed by atoms with Gasteiger partial charge < -0.3 is 14.5 Å². The van der Waals surface area contributed by atoms with Crippen molar-refractivity contribution in [3.8, 4) is 5.75 Å². The summed E-state index contributed by atoms with van der Waals surface area (Å²) in [6, 6.07) is 8.27. The molecule has 0 aliphatic rings. The number of hydrogen-bond acceptors (Lipinski definition) is 4. The van der Waals surface area contributed by atoms with E-state index in [1.807, 2.05) is 0 Å². The van der Waals surface area contributed by atoms with E-state index in [9.17, 15) is 9.59 Å². The van der Waals surface area contributed by atoms with Crippen molar-refractivity contribution in [2.75, 3.05) is 13.7 Å². The third-order valence-corrected chi connectivity index (χ3v) is 3.32. The van der Waals surface area contributed by atoms with Crippen LogP contribution < -0.4 is 4.74 Å². The van der Waals surface area contributed by atoms with Crippen LogP contribution in [0.2, 0.25) is 0 Å². The number of rotatable bonds is 5. The molecular weight excluding hydrogens is 326 g/mol. The highest BCUT2D eigenvalue weighted by atomic mass is 79.9. The Kier molecular flexibility index (Phi) is 4.57. The van der Waals surface area contributed by atoms with Gasteiger partial charge in [0.25, 0.3) is 0 Å². The SMILES string of the molecule is COc1ccc(Br)c(C(=O)OCC(=O)c2ccc[nH]2)c1. The number of methoxy groups -OCH3 is 1. The van der Waals surface area contributed by atoms with Crippen molar-refractivity contribution in [2.45, 2.75) is 0 Å². The maximum atomic E-state index is 11.9. The number of halogens is 1. The molecule has 0 spiro atoms. The first kappa shape index (κ1) is 14.3. The maximum Gasteiger partial charge on any atom is 0.339 e. The molecule has 6 heteroatoms. The van der Waals surface area contributed by atoms with Crippen molar-refractivity contribution in [1.29, 1.82) is 0 Å². The van der Waals surface area contributed by atoms with Crippen molar-refractivity contribution in [3.63, 3.8) is 0 Å². The minimum absolute atomic E-state index is 0.289. The number of benzene rings is 1. The molecule has 0 atom stereocenters. The molecule has 0 bridgehead atoms. The predicted molar refractivity (Wildman–Crippen MR) is 76.1 cm³/mol. The molecule has 2 rings (SSSR count).